The van der Waals surface area contributed by atoms with Crippen molar-refractivity contribution in [3.8, 4) is 0 Å². The molecular formula is C13H14ClFN2O. The second-order valence-electron chi connectivity index (χ2n) is 4.76. The van der Waals surface area contributed by atoms with Crippen LogP contribution < -0.4 is 5.32 Å². The van der Waals surface area contributed by atoms with Crippen LogP contribution in [0.15, 0.2) is 16.5 Å². The van der Waals surface area contributed by atoms with Crippen molar-refractivity contribution in [2.75, 3.05) is 13.1 Å². The van der Waals surface area contributed by atoms with Crippen LogP contribution in [-0.2, 0) is 6.42 Å². The Morgan fingerprint density at radius 2 is 2.39 bits per heavy atom. The van der Waals surface area contributed by atoms with Gasteiger partial charge in [0.25, 0.3) is 0 Å². The van der Waals surface area contributed by atoms with E-state index in [0.29, 0.717) is 22.9 Å². The van der Waals surface area contributed by atoms with Crippen molar-refractivity contribution < 1.29 is 8.81 Å². The van der Waals surface area contributed by atoms with Crippen molar-refractivity contribution in [2.24, 2.45) is 5.92 Å². The normalized spacial score (nSPS) is 20.4. The minimum atomic E-state index is -0.383. The molecule has 0 radical (unpaired) electrons. The smallest absolute Gasteiger partial charge is 0.195 e. The molecule has 0 saturated carbocycles. The Bertz CT molecular complexity index is 563. The molecule has 5 heteroatoms. The molecule has 1 unspecified atom stereocenters. The van der Waals surface area contributed by atoms with Crippen LogP contribution in [0, 0.1) is 11.7 Å². The van der Waals surface area contributed by atoms with Crippen LogP contribution >= 0.6 is 11.6 Å². The fraction of sp³-hybridized carbons (Fsp3) is 0.462. The van der Waals surface area contributed by atoms with Crippen LogP contribution in [0.4, 0.5) is 4.39 Å². The van der Waals surface area contributed by atoms with Gasteiger partial charge in [-0.2, -0.15) is 0 Å². The maximum Gasteiger partial charge on any atom is 0.195 e. The molecule has 2 aromatic rings. The van der Waals surface area contributed by atoms with Gasteiger partial charge in [-0.1, -0.05) is 11.6 Å². The summed E-state index contributed by atoms with van der Waals surface area (Å²) in [5.74, 6) is 0.799. The SMILES string of the molecule is Fc1cc(Cl)c2oc(CC3CCCNC3)nc2c1. The van der Waals surface area contributed by atoms with Crippen LogP contribution in [0.25, 0.3) is 11.1 Å². The zero-order valence-electron chi connectivity index (χ0n) is 9.88. The van der Waals surface area contributed by atoms with Crippen LogP contribution in [0.3, 0.4) is 0 Å². The average Bonchev–Trinajstić information content (AvgIpc) is 2.73. The maximum atomic E-state index is 13.2. The molecule has 18 heavy (non-hydrogen) atoms. The number of oxazole rings is 1. The minimum Gasteiger partial charge on any atom is -0.439 e. The lowest BCUT2D eigenvalue weighted by Gasteiger charge is -2.21. The van der Waals surface area contributed by atoms with Crippen molar-refractivity contribution in [3.63, 3.8) is 0 Å². The molecule has 0 aliphatic carbocycles. The predicted octanol–water partition coefficient (Wildman–Crippen LogP) is 3.16. The fourth-order valence-electron chi connectivity index (χ4n) is 2.44. The van der Waals surface area contributed by atoms with E-state index in [1.54, 1.807) is 0 Å². The molecule has 1 fully saturated rings. The second-order valence-corrected chi connectivity index (χ2v) is 5.17. The van der Waals surface area contributed by atoms with Crippen molar-refractivity contribution >= 4 is 22.7 Å². The number of benzene rings is 1. The molecule has 3 rings (SSSR count). The van der Waals surface area contributed by atoms with E-state index in [9.17, 15) is 4.39 Å². The first kappa shape index (κ1) is 11.9. The van der Waals surface area contributed by atoms with Crippen LogP contribution in [0.1, 0.15) is 18.7 Å². The van der Waals surface area contributed by atoms with Gasteiger partial charge >= 0.3 is 0 Å². The highest BCUT2D eigenvalue weighted by atomic mass is 35.5. The summed E-state index contributed by atoms with van der Waals surface area (Å²) in [5, 5.41) is 3.64. The Hall–Kier alpha value is -1.13. The van der Waals surface area contributed by atoms with Gasteiger partial charge in [-0.25, -0.2) is 9.37 Å². The number of fused-ring (bicyclic) bond motifs is 1. The molecule has 1 aliphatic rings. The van der Waals surface area contributed by atoms with Gasteiger partial charge < -0.3 is 9.73 Å². The lowest BCUT2D eigenvalue weighted by Crippen LogP contribution is -2.30. The lowest BCUT2D eigenvalue weighted by atomic mass is 9.96. The van der Waals surface area contributed by atoms with E-state index in [2.05, 4.69) is 10.3 Å². The topological polar surface area (TPSA) is 38.1 Å². The molecule has 2 heterocycles. The quantitative estimate of drug-likeness (QED) is 0.909. The summed E-state index contributed by atoms with van der Waals surface area (Å²) in [6, 6.07) is 2.61. The van der Waals surface area contributed by atoms with Gasteiger partial charge in [-0.3, -0.25) is 0 Å². The van der Waals surface area contributed by atoms with Crippen LogP contribution in [-0.4, -0.2) is 18.1 Å². The van der Waals surface area contributed by atoms with Crippen molar-refractivity contribution in [2.45, 2.75) is 19.3 Å². The molecule has 1 N–H and O–H groups in total. The number of aromatic nitrogens is 1. The van der Waals surface area contributed by atoms with Crippen LogP contribution in [0.2, 0.25) is 5.02 Å². The van der Waals surface area contributed by atoms with Gasteiger partial charge in [0.2, 0.25) is 0 Å². The molecule has 0 amide bonds. The zero-order valence-corrected chi connectivity index (χ0v) is 10.6. The number of nitrogens with zero attached hydrogens (tertiary/aromatic N) is 1. The summed E-state index contributed by atoms with van der Waals surface area (Å²) in [4.78, 5) is 4.31. The van der Waals surface area contributed by atoms with E-state index < -0.39 is 0 Å². The van der Waals surface area contributed by atoms with Gasteiger partial charge in [-0.05, 0) is 37.9 Å². The molecule has 3 nitrogen and oxygen atoms in total. The molecule has 1 aromatic heterocycles. The summed E-state index contributed by atoms with van der Waals surface area (Å²) in [6.07, 6.45) is 3.13. The molecule has 1 aromatic carbocycles. The average molecular weight is 269 g/mol. The monoisotopic (exact) mass is 268 g/mol. The van der Waals surface area contributed by atoms with Gasteiger partial charge in [0.05, 0.1) is 5.02 Å². The third-order valence-electron chi connectivity index (χ3n) is 3.32. The summed E-state index contributed by atoms with van der Waals surface area (Å²) >= 11 is 5.93. The first-order chi connectivity index (χ1) is 8.72. The lowest BCUT2D eigenvalue weighted by molar-refractivity contribution is 0.349. The highest BCUT2D eigenvalue weighted by Gasteiger charge is 2.18. The van der Waals surface area contributed by atoms with Gasteiger partial charge in [0.1, 0.15) is 11.3 Å². The summed E-state index contributed by atoms with van der Waals surface area (Å²) in [5.41, 5.74) is 0.982. The molecule has 0 spiro atoms. The summed E-state index contributed by atoms with van der Waals surface area (Å²) < 4.78 is 18.8. The van der Waals surface area contributed by atoms with E-state index in [1.807, 2.05) is 0 Å². The number of hydrogen-bond donors (Lipinski definition) is 1. The number of halogens is 2. The maximum absolute atomic E-state index is 13.2. The second kappa shape index (κ2) is 4.86. The Labute approximate surface area is 109 Å². The zero-order chi connectivity index (χ0) is 12.5. The van der Waals surface area contributed by atoms with Crippen molar-refractivity contribution in [1.29, 1.82) is 0 Å². The van der Waals surface area contributed by atoms with Crippen LogP contribution in [0.5, 0.6) is 0 Å². The Kier molecular flexibility index (Phi) is 3.22. The van der Waals surface area contributed by atoms with E-state index in [1.165, 1.54) is 25.0 Å². The fourth-order valence-corrected chi connectivity index (χ4v) is 2.68. The summed E-state index contributed by atoms with van der Waals surface area (Å²) in [6.45, 7) is 2.07. The molecular weight excluding hydrogens is 255 g/mol. The molecule has 96 valence electrons. The molecule has 1 atom stereocenters. The highest BCUT2D eigenvalue weighted by molar-refractivity contribution is 6.34. The minimum absolute atomic E-state index is 0.283. The van der Waals surface area contributed by atoms with E-state index in [0.717, 1.165) is 19.5 Å². The third kappa shape index (κ3) is 2.35. The number of piperidine rings is 1. The van der Waals surface area contributed by atoms with Gasteiger partial charge in [0, 0.05) is 12.5 Å². The van der Waals surface area contributed by atoms with Gasteiger partial charge in [0.15, 0.2) is 11.5 Å². The van der Waals surface area contributed by atoms with E-state index >= 15 is 0 Å². The third-order valence-corrected chi connectivity index (χ3v) is 3.60. The standard InChI is InChI=1S/C13H14ClFN2O/c14-10-5-9(15)6-11-13(10)18-12(17-11)4-8-2-1-3-16-7-8/h5-6,8,16H,1-4,7H2. The molecule has 0 bridgehead atoms. The van der Waals surface area contributed by atoms with Crippen molar-refractivity contribution in [3.05, 3.63) is 28.9 Å². The Morgan fingerprint density at radius 3 is 3.17 bits per heavy atom. The van der Waals surface area contributed by atoms with Crippen molar-refractivity contribution in [1.82, 2.24) is 10.3 Å². The van der Waals surface area contributed by atoms with E-state index in [-0.39, 0.29) is 10.8 Å². The number of hydrogen-bond acceptors (Lipinski definition) is 3. The van der Waals surface area contributed by atoms with Gasteiger partial charge in [-0.15, -0.1) is 0 Å². The Morgan fingerprint density at radius 1 is 1.50 bits per heavy atom. The predicted molar refractivity (Wildman–Crippen MR) is 68.3 cm³/mol. The first-order valence-electron chi connectivity index (χ1n) is 6.17. The number of nitrogens with one attached hydrogen (secondary N) is 1. The largest absolute Gasteiger partial charge is 0.439 e. The number of rotatable bonds is 2. The molecule has 1 aliphatic heterocycles. The first-order valence-corrected chi connectivity index (χ1v) is 6.55. The van der Waals surface area contributed by atoms with E-state index in [4.69, 9.17) is 16.0 Å². The summed E-state index contributed by atoms with van der Waals surface area (Å²) in [7, 11) is 0. The highest BCUT2D eigenvalue weighted by Crippen LogP contribution is 2.27. The Balaban J connectivity index is 1.86. The molecule has 1 saturated heterocycles.